The van der Waals surface area contributed by atoms with Crippen LogP contribution in [0, 0.1) is 0 Å². The second-order valence-electron chi connectivity index (χ2n) is 4.89. The van der Waals surface area contributed by atoms with Crippen molar-refractivity contribution in [2.75, 3.05) is 17.2 Å². The van der Waals surface area contributed by atoms with Crippen LogP contribution in [-0.2, 0) is 6.42 Å². The molecule has 0 saturated heterocycles. The zero-order valence-corrected chi connectivity index (χ0v) is 11.0. The summed E-state index contributed by atoms with van der Waals surface area (Å²) in [7, 11) is 0. The van der Waals surface area contributed by atoms with Crippen LogP contribution in [0.3, 0.4) is 0 Å². The van der Waals surface area contributed by atoms with E-state index >= 15 is 0 Å². The van der Waals surface area contributed by atoms with Gasteiger partial charge in [0.25, 0.3) is 0 Å². The van der Waals surface area contributed by atoms with Gasteiger partial charge in [0.2, 0.25) is 0 Å². The molecule has 1 aromatic carbocycles. The summed E-state index contributed by atoms with van der Waals surface area (Å²) >= 11 is 1.93. The van der Waals surface area contributed by atoms with Gasteiger partial charge in [0.05, 0.1) is 0 Å². The van der Waals surface area contributed by atoms with Crippen molar-refractivity contribution in [3.8, 4) is 0 Å². The lowest BCUT2D eigenvalue weighted by molar-refractivity contribution is 0.591. The normalized spacial score (nSPS) is 11.7. The largest absolute Gasteiger partial charge is 0.399 e. The summed E-state index contributed by atoms with van der Waals surface area (Å²) in [4.78, 5) is 0. The summed E-state index contributed by atoms with van der Waals surface area (Å²) in [5.74, 6) is 2.18. The van der Waals surface area contributed by atoms with E-state index in [0.717, 1.165) is 23.6 Å². The molecule has 90 valence electrons. The van der Waals surface area contributed by atoms with E-state index in [4.69, 9.17) is 11.5 Å². The molecule has 2 nitrogen and oxygen atoms in total. The minimum Gasteiger partial charge on any atom is -0.399 e. The maximum absolute atomic E-state index is 5.91. The number of aryl methyl sites for hydroxylation is 1. The highest BCUT2D eigenvalue weighted by Gasteiger charge is 2.09. The van der Waals surface area contributed by atoms with Crippen molar-refractivity contribution >= 4 is 17.4 Å². The minimum absolute atomic E-state index is 0.0537. The molecule has 0 fully saturated rings. The highest BCUT2D eigenvalue weighted by molar-refractivity contribution is 7.99. The number of hydrogen-bond donors (Lipinski definition) is 2. The van der Waals surface area contributed by atoms with E-state index in [0.29, 0.717) is 0 Å². The molecule has 0 unspecified atom stereocenters. The Morgan fingerprint density at radius 3 is 2.69 bits per heavy atom. The fourth-order valence-corrected chi connectivity index (χ4v) is 2.48. The van der Waals surface area contributed by atoms with Gasteiger partial charge in [-0.3, -0.25) is 0 Å². The predicted octanol–water partition coefficient (Wildman–Crippen LogP) is 2.67. The highest BCUT2D eigenvalue weighted by Crippen LogP contribution is 2.14. The zero-order valence-electron chi connectivity index (χ0n) is 10.2. The maximum atomic E-state index is 5.91. The van der Waals surface area contributed by atoms with Crippen molar-refractivity contribution in [1.82, 2.24) is 0 Å². The van der Waals surface area contributed by atoms with Crippen LogP contribution in [0.4, 0.5) is 5.69 Å². The van der Waals surface area contributed by atoms with Crippen LogP contribution in [0.25, 0.3) is 0 Å². The SMILES string of the molecule is CC(C)(N)CSCCCc1cccc(N)c1. The number of rotatable bonds is 6. The van der Waals surface area contributed by atoms with Crippen molar-refractivity contribution in [2.45, 2.75) is 32.2 Å². The van der Waals surface area contributed by atoms with Crippen LogP contribution < -0.4 is 11.5 Å². The topological polar surface area (TPSA) is 52.0 Å². The lowest BCUT2D eigenvalue weighted by Crippen LogP contribution is -2.34. The van der Waals surface area contributed by atoms with Crippen molar-refractivity contribution in [3.05, 3.63) is 29.8 Å². The summed E-state index contributed by atoms with van der Waals surface area (Å²) in [6.45, 7) is 4.13. The first-order valence-electron chi connectivity index (χ1n) is 5.68. The average Bonchev–Trinajstić information content (AvgIpc) is 2.15. The number of nitrogen functional groups attached to an aromatic ring is 1. The molecule has 0 atom stereocenters. The predicted molar refractivity (Wildman–Crippen MR) is 74.8 cm³/mol. The first-order chi connectivity index (χ1) is 7.47. The van der Waals surface area contributed by atoms with Gasteiger partial charge in [0.15, 0.2) is 0 Å². The first kappa shape index (κ1) is 13.4. The molecule has 16 heavy (non-hydrogen) atoms. The second-order valence-corrected chi connectivity index (χ2v) is 5.99. The summed E-state index contributed by atoms with van der Waals surface area (Å²) < 4.78 is 0. The van der Waals surface area contributed by atoms with E-state index in [1.54, 1.807) is 0 Å². The molecule has 0 spiro atoms. The average molecular weight is 238 g/mol. The lowest BCUT2D eigenvalue weighted by Gasteiger charge is -2.17. The van der Waals surface area contributed by atoms with Gasteiger partial charge in [-0.2, -0.15) is 11.8 Å². The van der Waals surface area contributed by atoms with Gasteiger partial charge >= 0.3 is 0 Å². The molecule has 0 aliphatic rings. The van der Waals surface area contributed by atoms with Gasteiger partial charge in [-0.05, 0) is 50.1 Å². The van der Waals surface area contributed by atoms with Crippen molar-refractivity contribution in [1.29, 1.82) is 0 Å². The van der Waals surface area contributed by atoms with Crippen molar-refractivity contribution < 1.29 is 0 Å². The van der Waals surface area contributed by atoms with Crippen LogP contribution in [0.2, 0.25) is 0 Å². The molecule has 0 aliphatic carbocycles. The first-order valence-corrected chi connectivity index (χ1v) is 6.84. The molecule has 0 bridgehead atoms. The van der Waals surface area contributed by atoms with Gasteiger partial charge in [-0.1, -0.05) is 12.1 Å². The van der Waals surface area contributed by atoms with E-state index in [1.807, 2.05) is 23.9 Å². The number of anilines is 1. The molecule has 0 aromatic heterocycles. The highest BCUT2D eigenvalue weighted by atomic mass is 32.2. The monoisotopic (exact) mass is 238 g/mol. The van der Waals surface area contributed by atoms with Crippen molar-refractivity contribution in [2.24, 2.45) is 5.73 Å². The van der Waals surface area contributed by atoms with Crippen LogP contribution in [-0.4, -0.2) is 17.0 Å². The fraction of sp³-hybridized carbons (Fsp3) is 0.538. The second kappa shape index (κ2) is 6.16. The van der Waals surface area contributed by atoms with E-state index in [1.165, 1.54) is 12.0 Å². The number of benzene rings is 1. The third-order valence-corrected chi connectivity index (χ3v) is 3.70. The Morgan fingerprint density at radius 1 is 1.31 bits per heavy atom. The van der Waals surface area contributed by atoms with Crippen LogP contribution in [0.1, 0.15) is 25.8 Å². The lowest BCUT2D eigenvalue weighted by atomic mass is 10.1. The Hall–Kier alpha value is -0.670. The zero-order chi connectivity index (χ0) is 12.0. The standard InChI is InChI=1S/C13H22N2S/c1-13(2,15)10-16-8-4-6-11-5-3-7-12(14)9-11/h3,5,7,9H,4,6,8,10,14-15H2,1-2H3. The molecular weight excluding hydrogens is 216 g/mol. The van der Waals surface area contributed by atoms with Crippen LogP contribution in [0.15, 0.2) is 24.3 Å². The molecule has 4 N–H and O–H groups in total. The molecule has 1 aromatic rings. The fourth-order valence-electron chi connectivity index (χ4n) is 1.46. The molecule has 1 rings (SSSR count). The van der Waals surface area contributed by atoms with E-state index < -0.39 is 0 Å². The Labute approximate surface area is 103 Å². The Bertz CT molecular complexity index is 318. The summed E-state index contributed by atoms with van der Waals surface area (Å²) in [5.41, 5.74) is 13.8. The Balaban J connectivity index is 2.17. The minimum atomic E-state index is -0.0537. The van der Waals surface area contributed by atoms with Gasteiger partial charge < -0.3 is 11.5 Å². The van der Waals surface area contributed by atoms with E-state index in [2.05, 4.69) is 26.0 Å². The molecule has 3 heteroatoms. The molecule has 0 amide bonds. The van der Waals surface area contributed by atoms with Crippen LogP contribution in [0.5, 0.6) is 0 Å². The third-order valence-electron chi connectivity index (χ3n) is 2.18. The molecular formula is C13H22N2S. The van der Waals surface area contributed by atoms with Gasteiger partial charge in [-0.25, -0.2) is 0 Å². The smallest absolute Gasteiger partial charge is 0.0316 e. The van der Waals surface area contributed by atoms with Crippen LogP contribution >= 0.6 is 11.8 Å². The Morgan fingerprint density at radius 2 is 2.06 bits per heavy atom. The van der Waals surface area contributed by atoms with Gasteiger partial charge in [-0.15, -0.1) is 0 Å². The summed E-state index contributed by atoms with van der Waals surface area (Å²) in [6, 6.07) is 8.13. The Kier molecular flexibility index (Phi) is 5.16. The summed E-state index contributed by atoms with van der Waals surface area (Å²) in [6.07, 6.45) is 2.28. The number of thioether (sulfide) groups is 1. The number of nitrogens with two attached hydrogens (primary N) is 2. The quantitative estimate of drug-likeness (QED) is 0.592. The third kappa shape index (κ3) is 6.03. The molecule has 0 saturated carbocycles. The van der Waals surface area contributed by atoms with Gasteiger partial charge in [0, 0.05) is 17.0 Å². The molecule has 0 heterocycles. The van der Waals surface area contributed by atoms with E-state index in [-0.39, 0.29) is 5.54 Å². The summed E-state index contributed by atoms with van der Waals surface area (Å²) in [5, 5.41) is 0. The molecule has 0 aliphatic heterocycles. The molecule has 0 radical (unpaired) electrons. The maximum Gasteiger partial charge on any atom is 0.0316 e. The van der Waals surface area contributed by atoms with Crippen molar-refractivity contribution in [3.63, 3.8) is 0 Å². The number of hydrogen-bond acceptors (Lipinski definition) is 3. The van der Waals surface area contributed by atoms with Gasteiger partial charge in [0.1, 0.15) is 0 Å². The van der Waals surface area contributed by atoms with E-state index in [9.17, 15) is 0 Å².